The minimum absolute atomic E-state index is 0.283. The molecule has 0 aliphatic carbocycles. The molecule has 1 aromatic rings. The molecule has 0 atom stereocenters. The zero-order valence-corrected chi connectivity index (χ0v) is 10.4. The Labute approximate surface area is 99.9 Å². The van der Waals surface area contributed by atoms with E-state index in [9.17, 15) is 4.79 Å². The van der Waals surface area contributed by atoms with E-state index in [1.807, 2.05) is 0 Å². The number of carbonyl (C=O) groups is 1. The maximum Gasteiger partial charge on any atom is 0.419 e. The average Bonchev–Trinajstić information content (AvgIpc) is 2.62. The third-order valence-corrected chi connectivity index (χ3v) is 2.03. The molecule has 1 rings (SSSR count). The van der Waals surface area contributed by atoms with E-state index in [1.165, 1.54) is 10.9 Å². The van der Waals surface area contributed by atoms with Gasteiger partial charge in [0.2, 0.25) is 0 Å². The van der Waals surface area contributed by atoms with Crippen molar-refractivity contribution in [3.8, 4) is 0 Å². The molecule has 0 N–H and O–H groups in total. The Hall–Kier alpha value is -1.29. The van der Waals surface area contributed by atoms with Crippen molar-refractivity contribution in [1.82, 2.24) is 9.55 Å². The van der Waals surface area contributed by atoms with Crippen LogP contribution in [0.25, 0.3) is 5.57 Å². The van der Waals surface area contributed by atoms with Crippen molar-refractivity contribution in [2.24, 2.45) is 0 Å². The van der Waals surface area contributed by atoms with Gasteiger partial charge in [-0.2, -0.15) is 0 Å². The summed E-state index contributed by atoms with van der Waals surface area (Å²) < 4.78 is 6.45. The predicted octanol–water partition coefficient (Wildman–Crippen LogP) is 2.92. The van der Waals surface area contributed by atoms with Gasteiger partial charge in [-0.05, 0) is 26.3 Å². The van der Waals surface area contributed by atoms with E-state index in [0.717, 1.165) is 0 Å². The van der Waals surface area contributed by atoms with Gasteiger partial charge in [0.25, 0.3) is 0 Å². The second kappa shape index (κ2) is 4.70. The maximum absolute atomic E-state index is 11.6. The van der Waals surface area contributed by atoms with E-state index in [1.54, 1.807) is 27.0 Å². The Morgan fingerprint density at radius 1 is 1.62 bits per heavy atom. The fraction of sp³-hybridized carbons (Fsp3) is 0.455. The van der Waals surface area contributed by atoms with Gasteiger partial charge < -0.3 is 4.74 Å². The first-order valence-electron chi connectivity index (χ1n) is 4.85. The molecule has 0 bridgehead atoms. The second-order valence-electron chi connectivity index (χ2n) is 4.38. The van der Waals surface area contributed by atoms with Gasteiger partial charge in [0.15, 0.2) is 0 Å². The number of halogens is 1. The summed E-state index contributed by atoms with van der Waals surface area (Å²) in [6.07, 6.45) is 2.48. The van der Waals surface area contributed by atoms with Crippen molar-refractivity contribution in [3.63, 3.8) is 0 Å². The second-order valence-corrected chi connectivity index (χ2v) is 4.65. The highest BCUT2D eigenvalue weighted by atomic mass is 35.5. The van der Waals surface area contributed by atoms with Gasteiger partial charge in [-0.3, -0.25) is 0 Å². The summed E-state index contributed by atoms with van der Waals surface area (Å²) in [5.74, 6) is 0.283. The molecule has 5 heteroatoms. The number of carbonyl (C=O) groups excluding carboxylic acids is 1. The Morgan fingerprint density at radius 3 is 2.75 bits per heavy atom. The third kappa shape index (κ3) is 3.38. The molecule has 16 heavy (non-hydrogen) atoms. The topological polar surface area (TPSA) is 44.1 Å². The Kier molecular flexibility index (Phi) is 3.75. The van der Waals surface area contributed by atoms with Gasteiger partial charge >= 0.3 is 6.09 Å². The highest BCUT2D eigenvalue weighted by Gasteiger charge is 2.18. The third-order valence-electron chi connectivity index (χ3n) is 1.71. The Morgan fingerprint density at radius 2 is 2.25 bits per heavy atom. The number of imidazole rings is 1. The van der Waals surface area contributed by atoms with Crippen LogP contribution < -0.4 is 0 Å². The molecule has 0 aliphatic rings. The minimum Gasteiger partial charge on any atom is -0.443 e. The van der Waals surface area contributed by atoms with Gasteiger partial charge in [0.05, 0.1) is 5.69 Å². The highest BCUT2D eigenvalue weighted by Crippen LogP contribution is 2.13. The first-order chi connectivity index (χ1) is 7.33. The number of aromatic nitrogens is 2. The Balaban J connectivity index is 2.78. The molecule has 0 aromatic carbocycles. The molecular formula is C11H15ClN2O2. The molecule has 0 amide bonds. The predicted molar refractivity (Wildman–Crippen MR) is 63.6 cm³/mol. The van der Waals surface area contributed by atoms with Crippen molar-refractivity contribution in [2.45, 2.75) is 26.4 Å². The van der Waals surface area contributed by atoms with Gasteiger partial charge in [0, 0.05) is 12.1 Å². The van der Waals surface area contributed by atoms with Crippen molar-refractivity contribution in [3.05, 3.63) is 24.8 Å². The summed E-state index contributed by atoms with van der Waals surface area (Å²) in [7, 11) is 0. The molecule has 88 valence electrons. The lowest BCUT2D eigenvalue weighted by Gasteiger charge is -2.19. The zero-order chi connectivity index (χ0) is 12.3. The number of hydrogen-bond acceptors (Lipinski definition) is 3. The smallest absolute Gasteiger partial charge is 0.419 e. The number of allylic oxidation sites excluding steroid dienone is 1. The van der Waals surface area contributed by atoms with Gasteiger partial charge in [-0.1, -0.05) is 6.58 Å². The van der Waals surface area contributed by atoms with Crippen LogP contribution in [0.1, 0.15) is 26.5 Å². The summed E-state index contributed by atoms with van der Waals surface area (Å²) >= 11 is 5.62. The van der Waals surface area contributed by atoms with Gasteiger partial charge in [-0.15, -0.1) is 11.6 Å². The summed E-state index contributed by atoms with van der Waals surface area (Å²) in [5, 5.41) is 0. The lowest BCUT2D eigenvalue weighted by atomic mass is 10.2. The molecule has 0 unspecified atom stereocenters. The molecule has 0 saturated carbocycles. The van der Waals surface area contributed by atoms with Gasteiger partial charge in [0.1, 0.15) is 11.9 Å². The first kappa shape index (κ1) is 12.8. The molecule has 1 aromatic heterocycles. The van der Waals surface area contributed by atoms with Crippen LogP contribution in [0.3, 0.4) is 0 Å². The lowest BCUT2D eigenvalue weighted by molar-refractivity contribution is 0.0536. The van der Waals surface area contributed by atoms with Crippen LogP contribution in [0.15, 0.2) is 19.1 Å². The number of ether oxygens (including phenoxy) is 1. The number of hydrogen-bond donors (Lipinski definition) is 0. The highest BCUT2D eigenvalue weighted by molar-refractivity contribution is 6.22. The van der Waals surface area contributed by atoms with Crippen molar-refractivity contribution < 1.29 is 9.53 Å². The minimum atomic E-state index is -0.523. The van der Waals surface area contributed by atoms with Crippen LogP contribution in [0.4, 0.5) is 4.79 Å². The fourth-order valence-electron chi connectivity index (χ4n) is 0.988. The Bertz CT molecular complexity index is 404. The van der Waals surface area contributed by atoms with Crippen LogP contribution in [0, 0.1) is 0 Å². The van der Waals surface area contributed by atoms with E-state index < -0.39 is 11.7 Å². The summed E-state index contributed by atoms with van der Waals surface area (Å²) in [6.45, 7) is 9.15. The van der Waals surface area contributed by atoms with Gasteiger partial charge in [-0.25, -0.2) is 14.3 Å². The molecular weight excluding hydrogens is 228 g/mol. The first-order valence-corrected chi connectivity index (χ1v) is 5.38. The summed E-state index contributed by atoms with van der Waals surface area (Å²) in [4.78, 5) is 15.6. The SMILES string of the molecule is C=C(CCl)c1cn(C(=O)OC(C)(C)C)cn1. The van der Waals surface area contributed by atoms with Crippen LogP contribution in [-0.4, -0.2) is 27.1 Å². The molecule has 1 heterocycles. The largest absolute Gasteiger partial charge is 0.443 e. The molecule has 0 fully saturated rings. The van der Waals surface area contributed by atoms with E-state index in [4.69, 9.17) is 16.3 Å². The van der Waals surface area contributed by atoms with Crippen LogP contribution in [-0.2, 0) is 4.74 Å². The molecule has 0 radical (unpaired) electrons. The number of rotatable bonds is 2. The number of nitrogens with zero attached hydrogens (tertiary/aromatic N) is 2. The fourth-order valence-corrected chi connectivity index (χ4v) is 1.13. The van der Waals surface area contributed by atoms with Crippen molar-refractivity contribution >= 4 is 23.3 Å². The van der Waals surface area contributed by atoms with Crippen LogP contribution in [0.2, 0.25) is 0 Å². The normalized spacial score (nSPS) is 11.2. The standard InChI is InChI=1S/C11H15ClN2O2/c1-8(5-12)9-6-14(7-13-9)10(15)16-11(2,3)4/h6-7H,1,5H2,2-4H3. The lowest BCUT2D eigenvalue weighted by Crippen LogP contribution is -2.26. The van der Waals surface area contributed by atoms with Crippen LogP contribution in [0.5, 0.6) is 0 Å². The van der Waals surface area contributed by atoms with E-state index in [-0.39, 0.29) is 5.88 Å². The van der Waals surface area contributed by atoms with Crippen molar-refractivity contribution in [1.29, 1.82) is 0 Å². The number of alkyl halides is 1. The average molecular weight is 243 g/mol. The quantitative estimate of drug-likeness (QED) is 0.749. The van der Waals surface area contributed by atoms with Crippen LogP contribution >= 0.6 is 11.6 Å². The van der Waals surface area contributed by atoms with E-state index >= 15 is 0 Å². The summed E-state index contributed by atoms with van der Waals surface area (Å²) in [5.41, 5.74) is 0.746. The zero-order valence-electron chi connectivity index (χ0n) is 9.66. The molecule has 0 saturated heterocycles. The maximum atomic E-state index is 11.6. The van der Waals surface area contributed by atoms with E-state index in [0.29, 0.717) is 11.3 Å². The van der Waals surface area contributed by atoms with Crippen molar-refractivity contribution in [2.75, 3.05) is 5.88 Å². The monoisotopic (exact) mass is 242 g/mol. The summed E-state index contributed by atoms with van der Waals surface area (Å²) in [6, 6.07) is 0. The molecule has 0 spiro atoms. The van der Waals surface area contributed by atoms with E-state index in [2.05, 4.69) is 11.6 Å². The molecule has 4 nitrogen and oxygen atoms in total. The molecule has 0 aliphatic heterocycles.